The lowest BCUT2D eigenvalue weighted by molar-refractivity contribution is -0.174. The van der Waals surface area contributed by atoms with Gasteiger partial charge >= 0.3 is 12.1 Å². The van der Waals surface area contributed by atoms with Crippen LogP contribution in [0, 0.1) is 24.7 Å². The van der Waals surface area contributed by atoms with Gasteiger partial charge in [0.05, 0.1) is 24.2 Å². The largest absolute Gasteiger partial charge is 0.471 e. The summed E-state index contributed by atoms with van der Waals surface area (Å²) in [5.41, 5.74) is 4.70. The van der Waals surface area contributed by atoms with Crippen molar-refractivity contribution in [3.63, 3.8) is 0 Å². The highest BCUT2D eigenvalue weighted by atomic mass is 79.9. The summed E-state index contributed by atoms with van der Waals surface area (Å²) in [4.78, 5) is 10.8. The number of benzene rings is 2. The standard InChI is InChI=1S/C12H13N.C11H10F3NO.C3H3Br.CH4O3S/c1-2-9-13-12-8-7-10-5-3-4-6-11(10)12;12-11(13,14)10(16)15-9-6-5-7-3-1-2-4-8(7)9;1-2-3-4;1-5(2,3)4/h1,3-6,12-13H,7-9H2;1-4,9H,5-6H2,(H,15,16);1H,3H2;1H3,(H,2,3,4)/t12-;9-;;/m11../s1. The van der Waals surface area contributed by atoms with Crippen LogP contribution in [-0.4, -0.2) is 43.2 Å². The number of amides is 1. The van der Waals surface area contributed by atoms with E-state index in [0.29, 0.717) is 37.0 Å². The molecule has 0 aromatic heterocycles. The number of hydrogen-bond donors (Lipinski definition) is 3. The third kappa shape index (κ3) is 12.6. The van der Waals surface area contributed by atoms with E-state index in [-0.39, 0.29) is 0 Å². The quantitative estimate of drug-likeness (QED) is 0.263. The molecule has 2 aromatic rings. The summed E-state index contributed by atoms with van der Waals surface area (Å²) in [6.07, 6.45) is 9.45. The zero-order valence-corrected chi connectivity index (χ0v) is 23.2. The molecule has 2 aromatic carbocycles. The minimum Gasteiger partial charge on any atom is -0.341 e. The molecule has 0 heterocycles. The lowest BCUT2D eigenvalue weighted by Gasteiger charge is -2.15. The first-order valence-electron chi connectivity index (χ1n) is 11.4. The smallest absolute Gasteiger partial charge is 0.341 e. The van der Waals surface area contributed by atoms with Gasteiger partial charge in [0.25, 0.3) is 10.1 Å². The molecule has 0 aliphatic heterocycles. The van der Waals surface area contributed by atoms with Crippen molar-refractivity contribution in [3.05, 3.63) is 70.8 Å². The van der Waals surface area contributed by atoms with Gasteiger partial charge in [0.15, 0.2) is 0 Å². The van der Waals surface area contributed by atoms with Crippen LogP contribution < -0.4 is 10.6 Å². The third-order valence-electron chi connectivity index (χ3n) is 5.36. The van der Waals surface area contributed by atoms with E-state index in [1.807, 2.05) is 17.4 Å². The van der Waals surface area contributed by atoms with E-state index in [1.54, 1.807) is 12.1 Å². The number of halogens is 4. The van der Waals surface area contributed by atoms with E-state index in [1.165, 1.54) is 24.0 Å². The number of hydrogen-bond acceptors (Lipinski definition) is 4. The van der Waals surface area contributed by atoms with Crippen LogP contribution in [-0.2, 0) is 27.8 Å². The van der Waals surface area contributed by atoms with Crippen molar-refractivity contribution in [2.75, 3.05) is 18.1 Å². The molecule has 1 amide bonds. The average molecular weight is 616 g/mol. The van der Waals surface area contributed by atoms with Crippen LogP contribution in [0.15, 0.2) is 48.5 Å². The molecule has 206 valence electrons. The molecule has 0 unspecified atom stereocenters. The Balaban J connectivity index is 0.000000293. The number of alkyl halides is 4. The highest BCUT2D eigenvalue weighted by Gasteiger charge is 2.40. The molecule has 2 aliphatic rings. The van der Waals surface area contributed by atoms with E-state index < -0.39 is 28.2 Å². The summed E-state index contributed by atoms with van der Waals surface area (Å²) in [5.74, 6) is 3.10. The molecule has 0 saturated heterocycles. The maximum Gasteiger partial charge on any atom is 0.471 e. The summed E-state index contributed by atoms with van der Waals surface area (Å²) >= 11 is 3.01. The average Bonchev–Trinajstić information content (AvgIpc) is 3.46. The van der Waals surface area contributed by atoms with Crippen LogP contribution in [0.5, 0.6) is 0 Å². The Bertz CT molecular complexity index is 1230. The fourth-order valence-corrected chi connectivity index (χ4v) is 3.90. The number of fused-ring (bicyclic) bond motifs is 2. The summed E-state index contributed by atoms with van der Waals surface area (Å²) in [6, 6.07) is 15.8. The van der Waals surface area contributed by atoms with E-state index in [0.717, 1.165) is 11.1 Å². The van der Waals surface area contributed by atoms with E-state index in [4.69, 9.17) is 17.4 Å². The minimum absolute atomic E-state index is 0.479. The summed E-state index contributed by atoms with van der Waals surface area (Å²) in [5, 5.41) is 6.02. The Morgan fingerprint density at radius 2 is 1.42 bits per heavy atom. The number of carbonyl (C=O) groups excluding carboxylic acids is 1. The molecule has 2 aliphatic carbocycles. The zero-order chi connectivity index (χ0) is 28.8. The Morgan fingerprint density at radius 1 is 1.00 bits per heavy atom. The lowest BCUT2D eigenvalue weighted by Crippen LogP contribution is -2.38. The van der Waals surface area contributed by atoms with Crippen molar-refractivity contribution in [1.82, 2.24) is 10.6 Å². The first-order chi connectivity index (χ1) is 17.8. The Kier molecular flexibility index (Phi) is 14.2. The van der Waals surface area contributed by atoms with E-state index in [2.05, 4.69) is 57.4 Å². The zero-order valence-electron chi connectivity index (χ0n) is 20.8. The number of rotatable bonds is 3. The fourth-order valence-electron chi connectivity index (χ4n) is 3.90. The third-order valence-corrected chi connectivity index (χ3v) is 5.68. The summed E-state index contributed by atoms with van der Waals surface area (Å²) in [6.45, 7) is 0.666. The normalized spacial score (nSPS) is 16.8. The Morgan fingerprint density at radius 3 is 1.84 bits per heavy atom. The van der Waals surface area contributed by atoms with Gasteiger partial charge < -0.3 is 5.32 Å². The molecule has 2 atom stereocenters. The van der Waals surface area contributed by atoms with Gasteiger partial charge in [-0.3, -0.25) is 14.7 Å². The van der Waals surface area contributed by atoms with Crippen LogP contribution in [0.1, 0.15) is 47.2 Å². The van der Waals surface area contributed by atoms with Crippen molar-refractivity contribution in [3.8, 4) is 24.7 Å². The lowest BCUT2D eigenvalue weighted by atomic mass is 10.1. The van der Waals surface area contributed by atoms with E-state index >= 15 is 0 Å². The predicted octanol–water partition coefficient (Wildman–Crippen LogP) is 4.77. The number of terminal acetylenes is 2. The maximum absolute atomic E-state index is 12.1. The molecule has 0 bridgehead atoms. The van der Waals surface area contributed by atoms with Gasteiger partial charge in [-0.05, 0) is 47.9 Å². The molecule has 0 saturated carbocycles. The van der Waals surface area contributed by atoms with Gasteiger partial charge in [0.2, 0.25) is 0 Å². The van der Waals surface area contributed by atoms with E-state index in [9.17, 15) is 26.4 Å². The molecule has 38 heavy (non-hydrogen) atoms. The second-order valence-corrected chi connectivity index (χ2v) is 10.2. The molecule has 0 fully saturated rings. The second kappa shape index (κ2) is 16.2. The van der Waals surface area contributed by atoms with Gasteiger partial charge in [-0.2, -0.15) is 21.6 Å². The SMILES string of the molecule is C#CCBr.C#CCN[C@@H]1CCc2ccccc21.CS(=O)(=O)O.O=C(N[C@@H]1CCc2ccccc21)C(F)(F)F. The van der Waals surface area contributed by atoms with Gasteiger partial charge in [0.1, 0.15) is 0 Å². The summed E-state index contributed by atoms with van der Waals surface area (Å²) in [7, 11) is -3.67. The number of nitrogens with one attached hydrogen (secondary N) is 2. The number of aryl methyl sites for hydroxylation is 2. The predicted molar refractivity (Wildman–Crippen MR) is 146 cm³/mol. The second-order valence-electron chi connectivity index (χ2n) is 8.21. The molecule has 6 nitrogen and oxygen atoms in total. The van der Waals surface area contributed by atoms with Crippen LogP contribution >= 0.6 is 15.9 Å². The molecular weight excluding hydrogens is 585 g/mol. The van der Waals surface area contributed by atoms with Crippen molar-refractivity contribution in [2.24, 2.45) is 0 Å². The van der Waals surface area contributed by atoms with Crippen molar-refractivity contribution in [1.29, 1.82) is 0 Å². The first-order valence-corrected chi connectivity index (χ1v) is 14.4. The minimum atomic E-state index is -4.81. The van der Waals surface area contributed by atoms with Crippen LogP contribution in [0.3, 0.4) is 0 Å². The first kappa shape index (κ1) is 33.2. The molecule has 11 heteroatoms. The topological polar surface area (TPSA) is 95.5 Å². The summed E-state index contributed by atoms with van der Waals surface area (Å²) < 4.78 is 62.1. The van der Waals surface area contributed by atoms with Gasteiger partial charge in [0, 0.05) is 6.04 Å². The highest BCUT2D eigenvalue weighted by Crippen LogP contribution is 2.32. The van der Waals surface area contributed by atoms with Gasteiger partial charge in [-0.15, -0.1) is 12.8 Å². The van der Waals surface area contributed by atoms with Gasteiger partial charge in [-0.1, -0.05) is 76.3 Å². The van der Waals surface area contributed by atoms with Crippen molar-refractivity contribution in [2.45, 2.75) is 43.9 Å². The van der Waals surface area contributed by atoms with Crippen LogP contribution in [0.2, 0.25) is 0 Å². The van der Waals surface area contributed by atoms with Gasteiger partial charge in [-0.25, -0.2) is 0 Å². The van der Waals surface area contributed by atoms with Crippen molar-refractivity contribution < 1.29 is 30.9 Å². The molecule has 4 rings (SSSR count). The molecule has 0 radical (unpaired) electrons. The highest BCUT2D eigenvalue weighted by molar-refractivity contribution is 9.09. The Hall–Kier alpha value is -2.83. The van der Waals surface area contributed by atoms with Crippen molar-refractivity contribution >= 4 is 32.0 Å². The fraction of sp³-hybridized carbons (Fsp3) is 0.370. The number of carbonyl (C=O) groups is 1. The maximum atomic E-state index is 12.1. The molecular formula is C27H30BrF3N2O4S. The Labute approximate surface area is 230 Å². The monoisotopic (exact) mass is 614 g/mol. The van der Waals surface area contributed by atoms with Crippen LogP contribution in [0.25, 0.3) is 0 Å². The van der Waals surface area contributed by atoms with Crippen LogP contribution in [0.4, 0.5) is 13.2 Å². The molecule has 3 N–H and O–H groups in total. The molecule has 0 spiro atoms.